The first-order chi connectivity index (χ1) is 5.34. The van der Waals surface area contributed by atoms with Crippen LogP contribution in [0.3, 0.4) is 0 Å². The number of hydrogen-bond acceptors (Lipinski definition) is 1. The molecule has 1 aromatic rings. The minimum Gasteiger partial charge on any atom is -0.154 e. The molecule has 0 nitrogen and oxygen atoms in total. The van der Waals surface area contributed by atoms with Gasteiger partial charge in [-0.05, 0) is 18.2 Å². The molecule has 1 aromatic carbocycles. The maximum atomic E-state index is 2.25. The second-order valence-corrected chi connectivity index (χ2v) is 4.13. The molecule has 0 fully saturated rings. The SMILES string of the molecule is CCS[C@H](C)c1ccccc1. The van der Waals surface area contributed by atoms with E-state index in [1.807, 2.05) is 11.8 Å². The van der Waals surface area contributed by atoms with E-state index in [2.05, 4.69) is 44.2 Å². The van der Waals surface area contributed by atoms with Crippen LogP contribution in [-0.4, -0.2) is 5.75 Å². The standard InChI is InChI=1S/C10H14S/c1-3-11-9(2)10-7-5-4-6-8-10/h4-9H,3H2,1-2H3/t9-/m1/s1. The lowest BCUT2D eigenvalue weighted by atomic mass is 10.2. The fraction of sp³-hybridized carbons (Fsp3) is 0.400. The third-order valence-corrected chi connectivity index (χ3v) is 2.79. The van der Waals surface area contributed by atoms with Crippen molar-refractivity contribution in [2.45, 2.75) is 19.1 Å². The molecule has 0 N–H and O–H groups in total. The summed E-state index contributed by atoms with van der Waals surface area (Å²) in [6.45, 7) is 4.45. The van der Waals surface area contributed by atoms with Crippen LogP contribution in [0.2, 0.25) is 0 Å². The van der Waals surface area contributed by atoms with Crippen LogP contribution in [0.4, 0.5) is 0 Å². The molecule has 0 heterocycles. The van der Waals surface area contributed by atoms with Crippen LogP contribution >= 0.6 is 11.8 Å². The first-order valence-electron chi connectivity index (χ1n) is 4.01. The van der Waals surface area contributed by atoms with Gasteiger partial charge in [0.2, 0.25) is 0 Å². The molecule has 60 valence electrons. The lowest BCUT2D eigenvalue weighted by Crippen LogP contribution is -1.86. The lowest BCUT2D eigenvalue weighted by molar-refractivity contribution is 1.10. The summed E-state index contributed by atoms with van der Waals surface area (Å²) >= 11 is 1.98. The second kappa shape index (κ2) is 4.45. The minimum absolute atomic E-state index is 0.640. The van der Waals surface area contributed by atoms with E-state index >= 15 is 0 Å². The number of benzene rings is 1. The largest absolute Gasteiger partial charge is 0.154 e. The maximum Gasteiger partial charge on any atom is 0.0268 e. The van der Waals surface area contributed by atoms with Gasteiger partial charge in [-0.2, -0.15) is 11.8 Å². The van der Waals surface area contributed by atoms with Gasteiger partial charge in [0.1, 0.15) is 0 Å². The van der Waals surface area contributed by atoms with Gasteiger partial charge in [0.05, 0.1) is 0 Å². The van der Waals surface area contributed by atoms with Gasteiger partial charge in [0, 0.05) is 5.25 Å². The van der Waals surface area contributed by atoms with Crippen molar-refractivity contribution >= 4 is 11.8 Å². The molecule has 0 aliphatic rings. The summed E-state index contributed by atoms with van der Waals surface area (Å²) in [5.74, 6) is 1.19. The topological polar surface area (TPSA) is 0 Å². The first kappa shape index (κ1) is 8.66. The molecule has 0 aromatic heterocycles. The van der Waals surface area contributed by atoms with Crippen LogP contribution in [0.15, 0.2) is 30.3 Å². The Morgan fingerprint density at radius 2 is 1.91 bits per heavy atom. The lowest BCUT2D eigenvalue weighted by Gasteiger charge is -2.08. The quantitative estimate of drug-likeness (QED) is 0.662. The van der Waals surface area contributed by atoms with Crippen molar-refractivity contribution in [3.8, 4) is 0 Å². The average Bonchev–Trinajstić information content (AvgIpc) is 2.07. The number of rotatable bonds is 3. The molecule has 0 radical (unpaired) electrons. The number of thioether (sulfide) groups is 1. The van der Waals surface area contributed by atoms with Gasteiger partial charge in [-0.1, -0.05) is 37.3 Å². The van der Waals surface area contributed by atoms with E-state index < -0.39 is 0 Å². The van der Waals surface area contributed by atoms with Crippen molar-refractivity contribution in [3.63, 3.8) is 0 Å². The zero-order valence-corrected chi connectivity index (χ0v) is 7.90. The van der Waals surface area contributed by atoms with E-state index in [1.54, 1.807) is 0 Å². The van der Waals surface area contributed by atoms with Crippen LogP contribution in [0, 0.1) is 0 Å². The van der Waals surface area contributed by atoms with Crippen LogP contribution < -0.4 is 0 Å². The molecule has 0 unspecified atom stereocenters. The van der Waals surface area contributed by atoms with Crippen LogP contribution in [-0.2, 0) is 0 Å². The molecule has 0 bridgehead atoms. The zero-order valence-electron chi connectivity index (χ0n) is 7.08. The van der Waals surface area contributed by atoms with E-state index in [4.69, 9.17) is 0 Å². The molecule has 0 aliphatic heterocycles. The Bertz CT molecular complexity index is 193. The highest BCUT2D eigenvalue weighted by molar-refractivity contribution is 7.99. The summed E-state index contributed by atoms with van der Waals surface area (Å²) in [5, 5.41) is 0.640. The summed E-state index contributed by atoms with van der Waals surface area (Å²) in [5.41, 5.74) is 1.43. The van der Waals surface area contributed by atoms with Crippen molar-refractivity contribution in [2.24, 2.45) is 0 Å². The monoisotopic (exact) mass is 166 g/mol. The molecule has 0 saturated heterocycles. The van der Waals surface area contributed by atoms with E-state index in [9.17, 15) is 0 Å². The van der Waals surface area contributed by atoms with E-state index in [-0.39, 0.29) is 0 Å². The maximum absolute atomic E-state index is 2.25. The second-order valence-electron chi connectivity index (χ2n) is 2.51. The smallest absolute Gasteiger partial charge is 0.0268 e. The minimum atomic E-state index is 0.640. The molecule has 0 aliphatic carbocycles. The predicted octanol–water partition coefficient (Wildman–Crippen LogP) is 3.50. The van der Waals surface area contributed by atoms with Gasteiger partial charge in [0.15, 0.2) is 0 Å². The molecule has 0 saturated carbocycles. The highest BCUT2D eigenvalue weighted by atomic mass is 32.2. The van der Waals surface area contributed by atoms with Gasteiger partial charge in [-0.15, -0.1) is 0 Å². The normalized spacial score (nSPS) is 12.9. The van der Waals surface area contributed by atoms with Crippen molar-refractivity contribution < 1.29 is 0 Å². The van der Waals surface area contributed by atoms with Gasteiger partial charge in [-0.25, -0.2) is 0 Å². The highest BCUT2D eigenvalue weighted by Crippen LogP contribution is 2.26. The molecule has 1 atom stereocenters. The summed E-state index contributed by atoms with van der Waals surface area (Å²) in [7, 11) is 0. The predicted molar refractivity (Wildman–Crippen MR) is 53.0 cm³/mol. The van der Waals surface area contributed by atoms with Crippen LogP contribution in [0.5, 0.6) is 0 Å². The summed E-state index contributed by atoms with van der Waals surface area (Å²) in [4.78, 5) is 0. The van der Waals surface area contributed by atoms with Crippen molar-refractivity contribution in [1.29, 1.82) is 0 Å². The fourth-order valence-corrected chi connectivity index (χ4v) is 1.92. The van der Waals surface area contributed by atoms with Crippen molar-refractivity contribution in [2.75, 3.05) is 5.75 Å². The molecule has 0 amide bonds. The third-order valence-electron chi connectivity index (χ3n) is 1.69. The van der Waals surface area contributed by atoms with E-state index in [0.29, 0.717) is 5.25 Å². The van der Waals surface area contributed by atoms with Gasteiger partial charge in [0.25, 0.3) is 0 Å². The Morgan fingerprint density at radius 3 is 2.45 bits per heavy atom. The Kier molecular flexibility index (Phi) is 3.50. The fourth-order valence-electron chi connectivity index (χ4n) is 1.07. The highest BCUT2D eigenvalue weighted by Gasteiger charge is 2.01. The molecule has 1 heteroatoms. The van der Waals surface area contributed by atoms with Crippen LogP contribution in [0.1, 0.15) is 24.7 Å². The van der Waals surface area contributed by atoms with Crippen molar-refractivity contribution in [1.82, 2.24) is 0 Å². The Hall–Kier alpha value is -0.430. The Balaban J connectivity index is 2.61. The zero-order chi connectivity index (χ0) is 8.10. The Labute approximate surface area is 73.0 Å². The van der Waals surface area contributed by atoms with Gasteiger partial charge in [-0.3, -0.25) is 0 Å². The molecule has 0 spiro atoms. The molecule has 1 rings (SSSR count). The summed E-state index contributed by atoms with van der Waals surface area (Å²) < 4.78 is 0. The number of hydrogen-bond donors (Lipinski definition) is 0. The van der Waals surface area contributed by atoms with E-state index in [0.717, 1.165) is 0 Å². The third kappa shape index (κ3) is 2.58. The molecular weight excluding hydrogens is 152 g/mol. The van der Waals surface area contributed by atoms with Gasteiger partial charge >= 0.3 is 0 Å². The molecular formula is C10H14S. The van der Waals surface area contributed by atoms with Gasteiger partial charge < -0.3 is 0 Å². The average molecular weight is 166 g/mol. The molecule has 11 heavy (non-hydrogen) atoms. The van der Waals surface area contributed by atoms with Crippen molar-refractivity contribution in [3.05, 3.63) is 35.9 Å². The first-order valence-corrected chi connectivity index (χ1v) is 5.06. The summed E-state index contributed by atoms with van der Waals surface area (Å²) in [6, 6.07) is 10.6. The van der Waals surface area contributed by atoms with E-state index in [1.165, 1.54) is 11.3 Å². The van der Waals surface area contributed by atoms with Crippen LogP contribution in [0.25, 0.3) is 0 Å². The Morgan fingerprint density at radius 1 is 1.27 bits per heavy atom. The summed E-state index contributed by atoms with van der Waals surface area (Å²) in [6.07, 6.45) is 0.